The van der Waals surface area contributed by atoms with E-state index >= 15 is 0 Å². The topological polar surface area (TPSA) is 63.4 Å². The van der Waals surface area contributed by atoms with Gasteiger partial charge in [-0.1, -0.05) is 37.3 Å². The Hall–Kier alpha value is -1.84. The van der Waals surface area contributed by atoms with Gasteiger partial charge in [0.2, 0.25) is 11.8 Å². The van der Waals surface area contributed by atoms with Gasteiger partial charge in [-0.25, -0.2) is 0 Å². The van der Waals surface area contributed by atoms with Crippen LogP contribution in [0.3, 0.4) is 0 Å². The fourth-order valence-electron chi connectivity index (χ4n) is 2.87. The molecule has 4 nitrogen and oxygen atoms in total. The van der Waals surface area contributed by atoms with Crippen LogP contribution in [0.5, 0.6) is 0 Å². The average Bonchev–Trinajstić information content (AvgIpc) is 2.49. The third-order valence-corrected chi connectivity index (χ3v) is 4.04. The predicted octanol–water partition coefficient (Wildman–Crippen LogP) is 1.90. The second-order valence-electron chi connectivity index (χ2n) is 5.40. The molecular weight excluding hydrogens is 252 g/mol. The van der Waals surface area contributed by atoms with E-state index in [9.17, 15) is 9.59 Å². The lowest BCUT2D eigenvalue weighted by Gasteiger charge is -2.33. The fraction of sp³-hybridized carbons (Fsp3) is 0.500. The molecule has 0 spiro atoms. The summed E-state index contributed by atoms with van der Waals surface area (Å²) >= 11 is 0. The van der Waals surface area contributed by atoms with Gasteiger partial charge in [-0.3, -0.25) is 9.59 Å². The van der Waals surface area contributed by atoms with Crippen molar-refractivity contribution in [3.05, 3.63) is 35.9 Å². The number of benzene rings is 1. The predicted molar refractivity (Wildman–Crippen MR) is 78.0 cm³/mol. The largest absolute Gasteiger partial charge is 0.369 e. The first-order valence-corrected chi connectivity index (χ1v) is 7.26. The summed E-state index contributed by atoms with van der Waals surface area (Å²) in [5.74, 6) is -0.497. The molecule has 0 radical (unpaired) electrons. The minimum atomic E-state index is -0.296. The van der Waals surface area contributed by atoms with E-state index in [2.05, 4.69) is 0 Å². The number of carbonyl (C=O) groups excluding carboxylic acids is 2. The van der Waals surface area contributed by atoms with E-state index in [1.165, 1.54) is 0 Å². The standard InChI is InChI=1S/C16H22N2O2/c1-2-14(12-7-4-3-5-8-12)16(20)18-10-6-9-13(11-18)15(17)19/h3-5,7-8,13-14H,2,6,9-11H2,1H3,(H2,17,19). The van der Waals surface area contributed by atoms with Gasteiger partial charge in [-0.15, -0.1) is 0 Å². The summed E-state index contributed by atoms with van der Waals surface area (Å²) in [5, 5.41) is 0. The van der Waals surface area contributed by atoms with Crippen LogP contribution in [0, 0.1) is 5.92 Å². The molecule has 4 heteroatoms. The smallest absolute Gasteiger partial charge is 0.230 e. The Kier molecular flexibility index (Phi) is 4.77. The van der Waals surface area contributed by atoms with Crippen molar-refractivity contribution < 1.29 is 9.59 Å². The van der Waals surface area contributed by atoms with Crippen LogP contribution in [0.15, 0.2) is 30.3 Å². The van der Waals surface area contributed by atoms with E-state index in [1.54, 1.807) is 4.90 Å². The molecule has 2 unspecified atom stereocenters. The van der Waals surface area contributed by atoms with Gasteiger partial charge in [0.15, 0.2) is 0 Å². The molecule has 2 atom stereocenters. The summed E-state index contributed by atoms with van der Waals surface area (Å²) in [6, 6.07) is 9.83. The summed E-state index contributed by atoms with van der Waals surface area (Å²) < 4.78 is 0. The van der Waals surface area contributed by atoms with Crippen LogP contribution >= 0.6 is 0 Å². The third-order valence-electron chi connectivity index (χ3n) is 4.04. The van der Waals surface area contributed by atoms with Gasteiger partial charge in [0.1, 0.15) is 0 Å². The lowest BCUT2D eigenvalue weighted by molar-refractivity contribution is -0.136. The highest BCUT2D eigenvalue weighted by Gasteiger charge is 2.30. The number of nitrogens with two attached hydrogens (primary N) is 1. The van der Waals surface area contributed by atoms with E-state index in [-0.39, 0.29) is 23.7 Å². The number of nitrogens with zero attached hydrogens (tertiary/aromatic N) is 1. The Morgan fingerprint density at radius 3 is 2.65 bits per heavy atom. The molecule has 1 aliphatic rings. The molecule has 2 N–H and O–H groups in total. The Bertz CT molecular complexity index is 473. The first kappa shape index (κ1) is 14.6. The maximum absolute atomic E-state index is 12.7. The molecule has 1 fully saturated rings. The molecule has 2 rings (SSSR count). The number of hydrogen-bond acceptors (Lipinski definition) is 2. The molecule has 2 amide bonds. The molecule has 0 aromatic heterocycles. The molecule has 108 valence electrons. The molecule has 1 aromatic rings. The van der Waals surface area contributed by atoms with Crippen molar-refractivity contribution in [3.63, 3.8) is 0 Å². The molecular formula is C16H22N2O2. The summed E-state index contributed by atoms with van der Waals surface area (Å²) in [4.78, 5) is 25.8. The van der Waals surface area contributed by atoms with E-state index in [1.807, 2.05) is 37.3 Å². The molecule has 1 saturated heterocycles. The number of hydrogen-bond donors (Lipinski definition) is 1. The van der Waals surface area contributed by atoms with Crippen molar-refractivity contribution in [3.8, 4) is 0 Å². The Labute approximate surface area is 119 Å². The first-order valence-electron chi connectivity index (χ1n) is 7.26. The maximum Gasteiger partial charge on any atom is 0.230 e. The monoisotopic (exact) mass is 274 g/mol. The van der Waals surface area contributed by atoms with Gasteiger partial charge in [0.25, 0.3) is 0 Å². The van der Waals surface area contributed by atoms with Crippen molar-refractivity contribution in [2.24, 2.45) is 11.7 Å². The second kappa shape index (κ2) is 6.55. The van der Waals surface area contributed by atoms with Crippen molar-refractivity contribution in [1.29, 1.82) is 0 Å². The van der Waals surface area contributed by atoms with E-state index in [4.69, 9.17) is 5.73 Å². The van der Waals surface area contributed by atoms with E-state index < -0.39 is 0 Å². The third kappa shape index (κ3) is 3.18. The highest BCUT2D eigenvalue weighted by molar-refractivity contribution is 5.85. The Morgan fingerprint density at radius 1 is 1.35 bits per heavy atom. The maximum atomic E-state index is 12.7. The van der Waals surface area contributed by atoms with Crippen molar-refractivity contribution >= 4 is 11.8 Å². The van der Waals surface area contributed by atoms with Gasteiger partial charge in [0, 0.05) is 13.1 Å². The Balaban J connectivity index is 2.11. The minimum Gasteiger partial charge on any atom is -0.369 e. The SMILES string of the molecule is CCC(C(=O)N1CCCC(C(N)=O)C1)c1ccccc1. The molecule has 1 aromatic carbocycles. The number of rotatable bonds is 4. The van der Waals surface area contributed by atoms with Gasteiger partial charge in [-0.2, -0.15) is 0 Å². The summed E-state index contributed by atoms with van der Waals surface area (Å²) in [7, 11) is 0. The highest BCUT2D eigenvalue weighted by atomic mass is 16.2. The van der Waals surface area contributed by atoms with Gasteiger partial charge in [0.05, 0.1) is 11.8 Å². The lowest BCUT2D eigenvalue weighted by Crippen LogP contribution is -2.45. The van der Waals surface area contributed by atoms with Crippen molar-refractivity contribution in [2.45, 2.75) is 32.1 Å². The summed E-state index contributed by atoms with van der Waals surface area (Å²) in [5.41, 5.74) is 6.42. The average molecular weight is 274 g/mol. The molecule has 1 aliphatic heterocycles. The molecule has 0 aliphatic carbocycles. The van der Waals surface area contributed by atoms with Gasteiger partial charge >= 0.3 is 0 Å². The molecule has 20 heavy (non-hydrogen) atoms. The fourth-order valence-corrected chi connectivity index (χ4v) is 2.87. The zero-order valence-electron chi connectivity index (χ0n) is 11.9. The highest BCUT2D eigenvalue weighted by Crippen LogP contribution is 2.25. The molecule has 1 heterocycles. The lowest BCUT2D eigenvalue weighted by atomic mass is 9.92. The number of piperidine rings is 1. The summed E-state index contributed by atoms with van der Waals surface area (Å²) in [6.45, 7) is 3.22. The van der Waals surface area contributed by atoms with Gasteiger partial charge in [-0.05, 0) is 24.8 Å². The number of carbonyl (C=O) groups is 2. The van der Waals surface area contributed by atoms with Crippen LogP contribution in [0.25, 0.3) is 0 Å². The van der Waals surface area contributed by atoms with Crippen LogP contribution in [0.1, 0.15) is 37.7 Å². The van der Waals surface area contributed by atoms with Crippen LogP contribution in [-0.4, -0.2) is 29.8 Å². The summed E-state index contributed by atoms with van der Waals surface area (Å²) in [6.07, 6.45) is 2.41. The van der Waals surface area contributed by atoms with E-state index in [0.29, 0.717) is 6.54 Å². The van der Waals surface area contributed by atoms with Crippen molar-refractivity contribution in [2.75, 3.05) is 13.1 Å². The molecule has 0 saturated carbocycles. The second-order valence-corrected chi connectivity index (χ2v) is 5.40. The molecule has 0 bridgehead atoms. The number of amides is 2. The number of likely N-dealkylation sites (tertiary alicyclic amines) is 1. The van der Waals surface area contributed by atoms with Crippen LogP contribution < -0.4 is 5.73 Å². The minimum absolute atomic E-state index is 0.115. The first-order chi connectivity index (χ1) is 9.63. The van der Waals surface area contributed by atoms with Crippen LogP contribution in [0.2, 0.25) is 0 Å². The van der Waals surface area contributed by atoms with Crippen molar-refractivity contribution in [1.82, 2.24) is 4.90 Å². The quantitative estimate of drug-likeness (QED) is 0.911. The normalized spacial score (nSPS) is 20.4. The Morgan fingerprint density at radius 2 is 2.05 bits per heavy atom. The van der Waals surface area contributed by atoms with Crippen LogP contribution in [-0.2, 0) is 9.59 Å². The van der Waals surface area contributed by atoms with Gasteiger partial charge < -0.3 is 10.6 Å². The van der Waals surface area contributed by atoms with E-state index in [0.717, 1.165) is 31.4 Å². The zero-order valence-corrected chi connectivity index (χ0v) is 11.9. The number of primary amides is 1. The van der Waals surface area contributed by atoms with Crippen LogP contribution in [0.4, 0.5) is 0 Å². The zero-order chi connectivity index (χ0) is 14.5.